The summed E-state index contributed by atoms with van der Waals surface area (Å²) in [6.07, 6.45) is -1.70. The van der Waals surface area contributed by atoms with Crippen LogP contribution in [0.15, 0.2) is 42.7 Å². The van der Waals surface area contributed by atoms with Crippen LogP contribution < -0.4 is 5.32 Å². The molecule has 1 aromatic heterocycles. The van der Waals surface area contributed by atoms with Gasteiger partial charge in [-0.05, 0) is 30.2 Å². The van der Waals surface area contributed by atoms with E-state index >= 15 is 0 Å². The maximum Gasteiger partial charge on any atom is 0.416 e. The minimum atomic E-state index is -4.81. The molecule has 2 heterocycles. The number of hydrogen-bond acceptors (Lipinski definition) is 5. The maximum absolute atomic E-state index is 13.0. The van der Waals surface area contributed by atoms with Crippen molar-refractivity contribution in [2.45, 2.75) is 24.7 Å². The number of hydrogen-bond donors (Lipinski definition) is 1. The summed E-state index contributed by atoms with van der Waals surface area (Å²) in [7, 11) is 0. The molecular weight excluding hydrogens is 367 g/mol. The van der Waals surface area contributed by atoms with Crippen molar-refractivity contribution in [2.24, 2.45) is 0 Å². The zero-order chi connectivity index (χ0) is 19.6. The van der Waals surface area contributed by atoms with Crippen LogP contribution in [0.4, 0.5) is 18.9 Å². The second-order valence-electron chi connectivity index (χ2n) is 5.96. The Kier molecular flexibility index (Phi) is 5.08. The third kappa shape index (κ3) is 4.22. The number of non-ortho nitro benzene ring substituents is 1. The van der Waals surface area contributed by atoms with Crippen LogP contribution in [-0.2, 0) is 10.9 Å². The molecule has 1 N–H and O–H groups in total. The molecule has 0 unspecified atom stereocenters. The summed E-state index contributed by atoms with van der Waals surface area (Å²) in [6, 6.07) is 4.76. The van der Waals surface area contributed by atoms with E-state index in [0.29, 0.717) is 25.2 Å². The number of alkyl halides is 3. The number of ether oxygens (including phenoxy) is 1. The van der Waals surface area contributed by atoms with Gasteiger partial charge in [-0.1, -0.05) is 0 Å². The topological polar surface area (TPSA) is 94.4 Å². The third-order valence-electron chi connectivity index (χ3n) is 4.16. The third-order valence-corrected chi connectivity index (χ3v) is 4.16. The lowest BCUT2D eigenvalue weighted by Crippen LogP contribution is -2.37. The fourth-order valence-corrected chi connectivity index (χ4v) is 2.88. The van der Waals surface area contributed by atoms with Crippen molar-refractivity contribution in [3.05, 3.63) is 69.5 Å². The van der Waals surface area contributed by atoms with Crippen molar-refractivity contribution in [3.63, 3.8) is 0 Å². The monoisotopic (exact) mass is 381 g/mol. The van der Waals surface area contributed by atoms with Crippen molar-refractivity contribution in [3.8, 4) is 0 Å². The van der Waals surface area contributed by atoms with Crippen molar-refractivity contribution in [1.29, 1.82) is 0 Å². The van der Waals surface area contributed by atoms with E-state index < -0.39 is 46.0 Å². The van der Waals surface area contributed by atoms with Gasteiger partial charge in [0.15, 0.2) is 0 Å². The number of nitro benzene ring substituents is 1. The fraction of sp³-hybridized carbons (Fsp3) is 0.294. The number of benzene rings is 1. The zero-order valence-electron chi connectivity index (χ0n) is 13.8. The van der Waals surface area contributed by atoms with Gasteiger partial charge in [0.25, 0.3) is 11.6 Å². The largest absolute Gasteiger partial charge is 0.416 e. The standard InChI is InChI=1S/C17H14F3N3O4/c18-17(19,20)12-7-11(8-13(9-12)23(25)26)16(24)22-14-3-6-27-15(14)10-1-4-21-5-2-10/h1-2,4-5,7-9,14-15H,3,6H2,(H,22,24)/t14-,15+/m1/s1. The highest BCUT2D eigenvalue weighted by Crippen LogP contribution is 2.33. The molecule has 0 bridgehead atoms. The first-order chi connectivity index (χ1) is 12.8. The molecule has 3 rings (SSSR count). The summed E-state index contributed by atoms with van der Waals surface area (Å²) in [5, 5.41) is 13.5. The Balaban J connectivity index is 1.85. The Labute approximate surface area is 151 Å². The second-order valence-corrected chi connectivity index (χ2v) is 5.96. The molecule has 27 heavy (non-hydrogen) atoms. The average molecular weight is 381 g/mol. The maximum atomic E-state index is 13.0. The number of amides is 1. The number of nitro groups is 1. The van der Waals surface area contributed by atoms with E-state index in [1.54, 1.807) is 24.5 Å². The molecule has 1 aliphatic heterocycles. The Morgan fingerprint density at radius 3 is 2.59 bits per heavy atom. The highest BCUT2D eigenvalue weighted by atomic mass is 19.4. The van der Waals surface area contributed by atoms with Crippen LogP contribution in [0.1, 0.15) is 34.0 Å². The Hall–Kier alpha value is -3.01. The molecule has 0 aliphatic carbocycles. The van der Waals surface area contributed by atoms with Gasteiger partial charge in [0.2, 0.25) is 0 Å². The molecule has 142 valence electrons. The fourth-order valence-electron chi connectivity index (χ4n) is 2.88. The van der Waals surface area contributed by atoms with Gasteiger partial charge >= 0.3 is 6.18 Å². The SMILES string of the molecule is O=C(N[C@@H]1CCO[C@H]1c1ccncc1)c1cc([N+](=O)[O-])cc(C(F)(F)F)c1. The van der Waals surface area contributed by atoms with E-state index in [1.807, 2.05) is 0 Å². The van der Waals surface area contributed by atoms with Crippen LogP contribution >= 0.6 is 0 Å². The number of rotatable bonds is 4. The first-order valence-electron chi connectivity index (χ1n) is 7.95. The molecule has 2 aromatic rings. The highest BCUT2D eigenvalue weighted by molar-refractivity contribution is 5.95. The minimum absolute atomic E-state index is 0.362. The zero-order valence-corrected chi connectivity index (χ0v) is 13.8. The summed E-state index contributed by atoms with van der Waals surface area (Å²) in [4.78, 5) is 26.3. The first-order valence-corrected chi connectivity index (χ1v) is 7.95. The molecule has 0 saturated carbocycles. The smallest absolute Gasteiger partial charge is 0.371 e. The Morgan fingerprint density at radius 1 is 1.26 bits per heavy atom. The molecule has 7 nitrogen and oxygen atoms in total. The van der Waals surface area contributed by atoms with Gasteiger partial charge in [0.05, 0.1) is 16.5 Å². The van der Waals surface area contributed by atoms with Crippen LogP contribution in [0.5, 0.6) is 0 Å². The molecule has 1 saturated heterocycles. The van der Waals surface area contributed by atoms with E-state index in [1.165, 1.54) is 0 Å². The van der Waals surface area contributed by atoms with Crippen LogP contribution in [0.2, 0.25) is 0 Å². The predicted molar refractivity (Wildman–Crippen MR) is 86.9 cm³/mol. The first kappa shape index (κ1) is 18.8. The van der Waals surface area contributed by atoms with Crippen LogP contribution in [0, 0.1) is 10.1 Å². The second kappa shape index (κ2) is 7.31. The van der Waals surface area contributed by atoms with Gasteiger partial charge in [0, 0.05) is 36.7 Å². The lowest BCUT2D eigenvalue weighted by Gasteiger charge is -2.20. The normalized spacial score (nSPS) is 19.7. The highest BCUT2D eigenvalue weighted by Gasteiger charge is 2.35. The summed E-state index contributed by atoms with van der Waals surface area (Å²) in [6.45, 7) is 0.362. The number of aromatic nitrogens is 1. The van der Waals surface area contributed by atoms with Gasteiger partial charge in [-0.2, -0.15) is 13.2 Å². The minimum Gasteiger partial charge on any atom is -0.371 e. The van der Waals surface area contributed by atoms with Crippen molar-refractivity contribution < 1.29 is 27.6 Å². The Bertz CT molecular complexity index is 858. The van der Waals surface area contributed by atoms with Crippen molar-refractivity contribution in [1.82, 2.24) is 10.3 Å². The summed E-state index contributed by atoms with van der Waals surface area (Å²) in [5.74, 6) is -0.834. The van der Waals surface area contributed by atoms with Gasteiger partial charge in [-0.3, -0.25) is 19.9 Å². The molecule has 1 amide bonds. The van der Waals surface area contributed by atoms with Crippen LogP contribution in [0.25, 0.3) is 0 Å². The quantitative estimate of drug-likeness (QED) is 0.648. The van der Waals surface area contributed by atoms with Gasteiger partial charge in [-0.15, -0.1) is 0 Å². The van der Waals surface area contributed by atoms with E-state index in [2.05, 4.69) is 10.3 Å². The summed E-state index contributed by atoms with van der Waals surface area (Å²) in [5.41, 5.74) is -1.72. The number of nitrogens with one attached hydrogen (secondary N) is 1. The van der Waals surface area contributed by atoms with Crippen molar-refractivity contribution >= 4 is 11.6 Å². The van der Waals surface area contributed by atoms with Gasteiger partial charge in [0.1, 0.15) is 6.10 Å². The average Bonchev–Trinajstić information content (AvgIpc) is 3.09. The number of nitrogens with zero attached hydrogens (tertiary/aromatic N) is 2. The molecular formula is C17H14F3N3O4. The summed E-state index contributed by atoms with van der Waals surface area (Å²) < 4.78 is 44.5. The molecule has 1 fully saturated rings. The lowest BCUT2D eigenvalue weighted by molar-refractivity contribution is -0.385. The molecule has 0 spiro atoms. The number of pyridine rings is 1. The van der Waals surface area contributed by atoms with Gasteiger partial charge < -0.3 is 10.1 Å². The van der Waals surface area contributed by atoms with E-state index in [9.17, 15) is 28.1 Å². The van der Waals surface area contributed by atoms with E-state index in [-0.39, 0.29) is 0 Å². The van der Waals surface area contributed by atoms with E-state index in [4.69, 9.17) is 4.74 Å². The number of halogens is 3. The number of carbonyl (C=O) groups excluding carboxylic acids is 1. The van der Waals surface area contributed by atoms with E-state index in [0.717, 1.165) is 11.6 Å². The van der Waals surface area contributed by atoms with Crippen LogP contribution in [-0.4, -0.2) is 28.5 Å². The lowest BCUT2D eigenvalue weighted by atomic mass is 10.0. The summed E-state index contributed by atoms with van der Waals surface area (Å²) >= 11 is 0. The molecule has 10 heteroatoms. The predicted octanol–water partition coefficient (Wildman–Crippen LogP) is 3.27. The van der Waals surface area contributed by atoms with Crippen molar-refractivity contribution in [2.75, 3.05) is 6.61 Å². The molecule has 1 aliphatic rings. The van der Waals surface area contributed by atoms with Crippen LogP contribution in [0.3, 0.4) is 0 Å². The Morgan fingerprint density at radius 2 is 1.96 bits per heavy atom. The number of carbonyl (C=O) groups is 1. The molecule has 0 radical (unpaired) electrons. The molecule has 2 atom stereocenters. The molecule has 1 aromatic carbocycles. The van der Waals surface area contributed by atoms with Gasteiger partial charge in [-0.25, -0.2) is 0 Å².